The normalized spacial score (nSPS) is 10.7. The molecule has 100 valence electrons. The molecule has 0 aliphatic carbocycles. The SMILES string of the molecule is OCc1ccc(CNCc2ccc(Br)c(Br)c2)cc1. The first-order valence-corrected chi connectivity index (χ1v) is 7.61. The van der Waals surface area contributed by atoms with E-state index >= 15 is 0 Å². The molecule has 0 amide bonds. The Morgan fingerprint density at radius 2 is 1.37 bits per heavy atom. The topological polar surface area (TPSA) is 32.3 Å². The van der Waals surface area contributed by atoms with Crippen LogP contribution in [0.2, 0.25) is 0 Å². The fourth-order valence-corrected chi connectivity index (χ4v) is 2.44. The molecule has 0 radical (unpaired) electrons. The fraction of sp³-hybridized carbons (Fsp3) is 0.200. The van der Waals surface area contributed by atoms with Gasteiger partial charge >= 0.3 is 0 Å². The van der Waals surface area contributed by atoms with Crippen LogP contribution in [-0.2, 0) is 19.7 Å². The molecule has 2 aromatic rings. The van der Waals surface area contributed by atoms with E-state index in [1.807, 2.05) is 30.3 Å². The molecule has 0 aliphatic rings. The van der Waals surface area contributed by atoms with Crippen LogP contribution in [-0.4, -0.2) is 5.11 Å². The van der Waals surface area contributed by atoms with E-state index in [1.54, 1.807) is 0 Å². The van der Waals surface area contributed by atoms with Crippen molar-refractivity contribution < 1.29 is 5.11 Å². The van der Waals surface area contributed by atoms with Crippen LogP contribution in [0.25, 0.3) is 0 Å². The molecular formula is C15H15Br2NO. The zero-order valence-electron chi connectivity index (χ0n) is 10.4. The second-order valence-corrected chi connectivity index (χ2v) is 6.04. The first kappa shape index (κ1) is 14.7. The Morgan fingerprint density at radius 1 is 0.789 bits per heavy atom. The first-order chi connectivity index (χ1) is 9.19. The van der Waals surface area contributed by atoms with Crippen LogP contribution < -0.4 is 5.32 Å². The highest BCUT2D eigenvalue weighted by Crippen LogP contribution is 2.23. The monoisotopic (exact) mass is 383 g/mol. The molecule has 19 heavy (non-hydrogen) atoms. The van der Waals surface area contributed by atoms with E-state index in [0.717, 1.165) is 27.6 Å². The number of aliphatic hydroxyl groups excluding tert-OH is 1. The smallest absolute Gasteiger partial charge is 0.0681 e. The predicted molar refractivity (Wildman–Crippen MR) is 84.8 cm³/mol. The predicted octanol–water partition coefficient (Wildman–Crippen LogP) is 3.99. The molecule has 0 spiro atoms. The van der Waals surface area contributed by atoms with Gasteiger partial charge in [-0.05, 0) is 60.7 Å². The van der Waals surface area contributed by atoms with Gasteiger partial charge in [-0.2, -0.15) is 0 Å². The summed E-state index contributed by atoms with van der Waals surface area (Å²) in [6.07, 6.45) is 0. The van der Waals surface area contributed by atoms with E-state index in [-0.39, 0.29) is 6.61 Å². The summed E-state index contributed by atoms with van der Waals surface area (Å²) in [6.45, 7) is 1.74. The Bertz CT molecular complexity index is 540. The molecule has 4 heteroatoms. The molecule has 0 bridgehead atoms. The second kappa shape index (κ2) is 7.20. The number of aliphatic hydroxyl groups is 1. The minimum atomic E-state index is 0.0978. The molecule has 0 aromatic heterocycles. The van der Waals surface area contributed by atoms with Gasteiger partial charge in [-0.25, -0.2) is 0 Å². The Labute approximate surface area is 130 Å². The van der Waals surface area contributed by atoms with Crippen LogP contribution in [0, 0.1) is 0 Å². The van der Waals surface area contributed by atoms with Crippen LogP contribution >= 0.6 is 31.9 Å². The van der Waals surface area contributed by atoms with Crippen molar-refractivity contribution in [1.29, 1.82) is 0 Å². The van der Waals surface area contributed by atoms with Crippen molar-refractivity contribution in [1.82, 2.24) is 5.32 Å². The lowest BCUT2D eigenvalue weighted by atomic mass is 10.1. The van der Waals surface area contributed by atoms with Crippen molar-refractivity contribution in [3.05, 3.63) is 68.1 Å². The van der Waals surface area contributed by atoms with Gasteiger partial charge in [-0.15, -0.1) is 0 Å². The summed E-state index contributed by atoms with van der Waals surface area (Å²) in [4.78, 5) is 0. The molecule has 0 atom stereocenters. The second-order valence-electron chi connectivity index (χ2n) is 4.33. The van der Waals surface area contributed by atoms with Crippen molar-refractivity contribution in [2.75, 3.05) is 0 Å². The highest BCUT2D eigenvalue weighted by molar-refractivity contribution is 9.13. The van der Waals surface area contributed by atoms with Crippen LogP contribution in [0.3, 0.4) is 0 Å². The summed E-state index contributed by atoms with van der Waals surface area (Å²) in [7, 11) is 0. The molecule has 0 unspecified atom stereocenters. The van der Waals surface area contributed by atoms with Gasteiger partial charge in [0.1, 0.15) is 0 Å². The third-order valence-electron chi connectivity index (χ3n) is 2.85. The van der Waals surface area contributed by atoms with Crippen LogP contribution in [0.15, 0.2) is 51.4 Å². The first-order valence-electron chi connectivity index (χ1n) is 6.02. The molecular weight excluding hydrogens is 370 g/mol. The van der Waals surface area contributed by atoms with Gasteiger partial charge in [0.15, 0.2) is 0 Å². The maximum atomic E-state index is 8.98. The Kier molecular flexibility index (Phi) is 5.58. The average molecular weight is 385 g/mol. The minimum Gasteiger partial charge on any atom is -0.392 e. The Morgan fingerprint density at radius 3 is 2.00 bits per heavy atom. The maximum Gasteiger partial charge on any atom is 0.0681 e. The Hall–Kier alpha value is -0.680. The van der Waals surface area contributed by atoms with Crippen molar-refractivity contribution in [3.8, 4) is 0 Å². The molecule has 0 fully saturated rings. The van der Waals surface area contributed by atoms with E-state index in [9.17, 15) is 0 Å². The average Bonchev–Trinajstić information content (AvgIpc) is 2.43. The van der Waals surface area contributed by atoms with Gasteiger partial charge in [0.25, 0.3) is 0 Å². The highest BCUT2D eigenvalue weighted by atomic mass is 79.9. The number of halogens is 2. The summed E-state index contributed by atoms with van der Waals surface area (Å²) < 4.78 is 2.13. The molecule has 2 N–H and O–H groups in total. The van der Waals surface area contributed by atoms with E-state index in [0.29, 0.717) is 0 Å². The largest absolute Gasteiger partial charge is 0.392 e. The standard InChI is InChI=1S/C15H15Br2NO/c16-14-6-5-13(7-15(14)17)9-18-8-11-1-3-12(10-19)4-2-11/h1-7,18-19H,8-10H2. The van der Waals surface area contributed by atoms with E-state index in [2.05, 4.69) is 49.3 Å². The van der Waals surface area contributed by atoms with Crippen LogP contribution in [0.4, 0.5) is 0 Å². The summed E-state index contributed by atoms with van der Waals surface area (Å²) in [5.74, 6) is 0. The lowest BCUT2D eigenvalue weighted by molar-refractivity contribution is 0.282. The number of rotatable bonds is 5. The van der Waals surface area contributed by atoms with E-state index in [4.69, 9.17) is 5.11 Å². The summed E-state index contributed by atoms with van der Waals surface area (Å²) in [5.41, 5.74) is 3.40. The molecule has 0 saturated carbocycles. The van der Waals surface area contributed by atoms with Gasteiger partial charge in [0, 0.05) is 22.0 Å². The zero-order valence-corrected chi connectivity index (χ0v) is 13.5. The van der Waals surface area contributed by atoms with Crippen LogP contribution in [0.1, 0.15) is 16.7 Å². The lowest BCUT2D eigenvalue weighted by Crippen LogP contribution is -2.12. The molecule has 2 rings (SSSR count). The van der Waals surface area contributed by atoms with Crippen molar-refractivity contribution >= 4 is 31.9 Å². The zero-order chi connectivity index (χ0) is 13.7. The van der Waals surface area contributed by atoms with Gasteiger partial charge < -0.3 is 10.4 Å². The number of nitrogens with one attached hydrogen (secondary N) is 1. The summed E-state index contributed by atoms with van der Waals surface area (Å²) >= 11 is 6.96. The quantitative estimate of drug-likeness (QED) is 0.816. The fourth-order valence-electron chi connectivity index (χ4n) is 1.76. The van der Waals surface area contributed by atoms with Crippen molar-refractivity contribution in [2.24, 2.45) is 0 Å². The van der Waals surface area contributed by atoms with Crippen molar-refractivity contribution in [2.45, 2.75) is 19.7 Å². The third kappa shape index (κ3) is 4.42. The van der Waals surface area contributed by atoms with Crippen LogP contribution in [0.5, 0.6) is 0 Å². The number of benzene rings is 2. The van der Waals surface area contributed by atoms with E-state index in [1.165, 1.54) is 11.1 Å². The number of hydrogen-bond donors (Lipinski definition) is 2. The van der Waals surface area contributed by atoms with E-state index < -0.39 is 0 Å². The molecule has 0 aliphatic heterocycles. The third-order valence-corrected chi connectivity index (χ3v) is 4.73. The van der Waals surface area contributed by atoms with Gasteiger partial charge in [-0.1, -0.05) is 30.3 Å². The van der Waals surface area contributed by atoms with Gasteiger partial charge in [0.05, 0.1) is 6.61 Å². The minimum absolute atomic E-state index is 0.0978. The summed E-state index contributed by atoms with van der Waals surface area (Å²) in [5, 5.41) is 12.4. The Balaban J connectivity index is 1.86. The highest BCUT2D eigenvalue weighted by Gasteiger charge is 1.99. The van der Waals surface area contributed by atoms with Crippen molar-refractivity contribution in [3.63, 3.8) is 0 Å². The lowest BCUT2D eigenvalue weighted by Gasteiger charge is -2.07. The molecule has 2 nitrogen and oxygen atoms in total. The molecule has 2 aromatic carbocycles. The van der Waals surface area contributed by atoms with Gasteiger partial charge in [0.2, 0.25) is 0 Å². The summed E-state index contributed by atoms with van der Waals surface area (Å²) in [6, 6.07) is 14.2. The molecule has 0 saturated heterocycles. The van der Waals surface area contributed by atoms with Gasteiger partial charge in [-0.3, -0.25) is 0 Å². The molecule has 0 heterocycles. The number of hydrogen-bond acceptors (Lipinski definition) is 2. The maximum absolute atomic E-state index is 8.98.